The highest BCUT2D eigenvalue weighted by molar-refractivity contribution is 4.94. The Morgan fingerprint density at radius 2 is 2.00 bits per heavy atom. The summed E-state index contributed by atoms with van der Waals surface area (Å²) in [7, 11) is 0. The average Bonchev–Trinajstić information content (AvgIpc) is 2.09. The maximum Gasteiger partial charge on any atom is 0.266 e. The minimum atomic E-state index is -2.74. The van der Waals surface area contributed by atoms with Crippen LogP contribution in [-0.4, -0.2) is 17.6 Å². The van der Waals surface area contributed by atoms with Gasteiger partial charge >= 0.3 is 0 Å². The monoisotopic (exact) mass is 192 g/mol. The highest BCUT2D eigenvalue weighted by Gasteiger charge is 2.23. The molecule has 0 amide bonds. The quantitative estimate of drug-likeness (QED) is 0.485. The first-order valence-corrected chi connectivity index (χ1v) is 4.79. The van der Waals surface area contributed by atoms with Gasteiger partial charge in [-0.15, -0.1) is 0 Å². The number of unbranched alkanes of at least 4 members (excludes halogenated alkanes) is 2. The molecule has 3 heteroatoms. The minimum Gasteiger partial charge on any atom is -0.396 e. The Morgan fingerprint density at radius 1 is 1.31 bits per heavy atom. The fourth-order valence-corrected chi connectivity index (χ4v) is 0.976. The summed E-state index contributed by atoms with van der Waals surface area (Å²) in [4.78, 5) is 0. The summed E-state index contributed by atoms with van der Waals surface area (Å²) in [6, 6.07) is 0. The molecule has 0 unspecified atom stereocenters. The van der Waals surface area contributed by atoms with Crippen LogP contribution in [-0.2, 0) is 0 Å². The molecule has 0 aromatic rings. The molecule has 0 aromatic heterocycles. The maximum atomic E-state index is 12.8. The SMILES string of the molecule is CCCCC=CC(F)(F)CCCO. The van der Waals surface area contributed by atoms with Crippen molar-refractivity contribution in [3.05, 3.63) is 12.2 Å². The summed E-state index contributed by atoms with van der Waals surface area (Å²) in [5.74, 6) is -2.74. The van der Waals surface area contributed by atoms with E-state index in [0.29, 0.717) is 6.42 Å². The highest BCUT2D eigenvalue weighted by atomic mass is 19.3. The van der Waals surface area contributed by atoms with Crippen LogP contribution in [0.1, 0.15) is 39.0 Å². The van der Waals surface area contributed by atoms with E-state index in [1.54, 1.807) is 0 Å². The first-order valence-electron chi connectivity index (χ1n) is 4.79. The molecule has 0 rings (SSSR count). The van der Waals surface area contributed by atoms with Gasteiger partial charge in [0.05, 0.1) is 0 Å². The molecule has 0 bridgehead atoms. The van der Waals surface area contributed by atoms with E-state index in [1.807, 2.05) is 6.92 Å². The first-order chi connectivity index (χ1) is 6.12. The Morgan fingerprint density at radius 3 is 2.54 bits per heavy atom. The summed E-state index contributed by atoms with van der Waals surface area (Å²) in [6.07, 6.45) is 5.07. The molecule has 0 aliphatic heterocycles. The van der Waals surface area contributed by atoms with Gasteiger partial charge in [-0.2, -0.15) is 0 Å². The summed E-state index contributed by atoms with van der Waals surface area (Å²) in [5, 5.41) is 8.38. The first kappa shape index (κ1) is 12.6. The van der Waals surface area contributed by atoms with Gasteiger partial charge in [-0.1, -0.05) is 25.8 Å². The number of hydrogen-bond donors (Lipinski definition) is 1. The van der Waals surface area contributed by atoms with Gasteiger partial charge in [-0.3, -0.25) is 0 Å². The van der Waals surface area contributed by atoms with Crippen molar-refractivity contribution >= 4 is 0 Å². The third kappa shape index (κ3) is 7.91. The molecule has 0 radical (unpaired) electrons. The molecule has 0 aliphatic carbocycles. The van der Waals surface area contributed by atoms with Crippen molar-refractivity contribution in [3.63, 3.8) is 0 Å². The second-order valence-corrected chi connectivity index (χ2v) is 3.13. The van der Waals surface area contributed by atoms with Crippen LogP contribution in [0.2, 0.25) is 0 Å². The van der Waals surface area contributed by atoms with Gasteiger partial charge < -0.3 is 5.11 Å². The lowest BCUT2D eigenvalue weighted by atomic mass is 10.1. The Hall–Kier alpha value is -0.440. The summed E-state index contributed by atoms with van der Waals surface area (Å²) in [6.45, 7) is 1.86. The van der Waals surface area contributed by atoms with E-state index >= 15 is 0 Å². The van der Waals surface area contributed by atoms with Crippen LogP contribution in [0.15, 0.2) is 12.2 Å². The normalized spacial score (nSPS) is 12.6. The fourth-order valence-electron chi connectivity index (χ4n) is 0.976. The zero-order valence-corrected chi connectivity index (χ0v) is 8.10. The Balaban J connectivity index is 3.65. The minimum absolute atomic E-state index is 0.158. The van der Waals surface area contributed by atoms with E-state index in [9.17, 15) is 8.78 Å². The second kappa shape index (κ2) is 7.01. The zero-order valence-electron chi connectivity index (χ0n) is 8.10. The molecule has 0 saturated heterocycles. The van der Waals surface area contributed by atoms with E-state index in [1.165, 1.54) is 6.08 Å². The van der Waals surface area contributed by atoms with Crippen molar-refractivity contribution in [2.75, 3.05) is 6.61 Å². The van der Waals surface area contributed by atoms with Crippen LogP contribution in [0, 0.1) is 0 Å². The van der Waals surface area contributed by atoms with Crippen molar-refractivity contribution in [3.8, 4) is 0 Å². The standard InChI is InChI=1S/C10H18F2O/c1-2-3-4-5-7-10(11,12)8-6-9-13/h5,7,13H,2-4,6,8-9H2,1H3. The number of rotatable bonds is 7. The molecule has 0 saturated carbocycles. The molecule has 0 heterocycles. The molecule has 0 fully saturated rings. The predicted molar refractivity (Wildman–Crippen MR) is 49.9 cm³/mol. The molecular formula is C10H18F2O. The van der Waals surface area contributed by atoms with Gasteiger partial charge in [0.25, 0.3) is 5.92 Å². The summed E-state index contributed by atoms with van der Waals surface area (Å²) < 4.78 is 25.7. The number of halogens is 2. The smallest absolute Gasteiger partial charge is 0.266 e. The van der Waals surface area contributed by atoms with Crippen molar-refractivity contribution in [1.29, 1.82) is 0 Å². The van der Waals surface area contributed by atoms with E-state index in [-0.39, 0.29) is 19.4 Å². The van der Waals surface area contributed by atoms with E-state index in [0.717, 1.165) is 18.9 Å². The molecule has 0 atom stereocenters. The number of hydrogen-bond acceptors (Lipinski definition) is 1. The third-order valence-corrected chi connectivity index (χ3v) is 1.75. The van der Waals surface area contributed by atoms with Crippen LogP contribution in [0.3, 0.4) is 0 Å². The average molecular weight is 192 g/mol. The second-order valence-electron chi connectivity index (χ2n) is 3.13. The topological polar surface area (TPSA) is 20.2 Å². The largest absolute Gasteiger partial charge is 0.396 e. The predicted octanol–water partition coefficient (Wildman–Crippen LogP) is 3.14. The van der Waals surface area contributed by atoms with Gasteiger partial charge in [0.15, 0.2) is 0 Å². The molecule has 1 N–H and O–H groups in total. The van der Waals surface area contributed by atoms with Gasteiger partial charge in [0.2, 0.25) is 0 Å². The van der Waals surface area contributed by atoms with Gasteiger partial charge in [-0.05, 0) is 18.9 Å². The Labute approximate surface area is 78.5 Å². The molecular weight excluding hydrogens is 174 g/mol. The Bertz CT molecular complexity index is 144. The zero-order chi connectivity index (χ0) is 10.2. The van der Waals surface area contributed by atoms with Gasteiger partial charge in [-0.25, -0.2) is 8.78 Å². The van der Waals surface area contributed by atoms with Crippen LogP contribution >= 0.6 is 0 Å². The van der Waals surface area contributed by atoms with Crippen LogP contribution in [0.5, 0.6) is 0 Å². The van der Waals surface area contributed by atoms with Gasteiger partial charge in [0, 0.05) is 13.0 Å². The van der Waals surface area contributed by atoms with Crippen molar-refractivity contribution in [2.24, 2.45) is 0 Å². The van der Waals surface area contributed by atoms with E-state index in [4.69, 9.17) is 5.11 Å². The molecule has 78 valence electrons. The van der Waals surface area contributed by atoms with E-state index < -0.39 is 5.92 Å². The third-order valence-electron chi connectivity index (χ3n) is 1.75. The van der Waals surface area contributed by atoms with Crippen molar-refractivity contribution < 1.29 is 13.9 Å². The fraction of sp³-hybridized carbons (Fsp3) is 0.800. The maximum absolute atomic E-state index is 12.8. The molecule has 0 aliphatic rings. The van der Waals surface area contributed by atoms with Crippen molar-refractivity contribution in [2.45, 2.75) is 45.0 Å². The van der Waals surface area contributed by atoms with Crippen LogP contribution < -0.4 is 0 Å². The molecule has 13 heavy (non-hydrogen) atoms. The Kier molecular flexibility index (Phi) is 6.77. The molecule has 0 aromatic carbocycles. The number of allylic oxidation sites excluding steroid dienone is 2. The van der Waals surface area contributed by atoms with Crippen LogP contribution in [0.4, 0.5) is 8.78 Å². The highest BCUT2D eigenvalue weighted by Crippen LogP contribution is 2.22. The summed E-state index contributed by atoms with van der Waals surface area (Å²) >= 11 is 0. The number of aliphatic hydroxyl groups is 1. The van der Waals surface area contributed by atoms with E-state index in [2.05, 4.69) is 0 Å². The van der Waals surface area contributed by atoms with Crippen LogP contribution in [0.25, 0.3) is 0 Å². The molecule has 1 nitrogen and oxygen atoms in total. The molecule has 0 spiro atoms. The lowest BCUT2D eigenvalue weighted by Gasteiger charge is -2.09. The van der Waals surface area contributed by atoms with Crippen molar-refractivity contribution in [1.82, 2.24) is 0 Å². The number of aliphatic hydroxyl groups excluding tert-OH is 1. The summed E-state index contributed by atoms with van der Waals surface area (Å²) in [5.41, 5.74) is 0. The lowest BCUT2D eigenvalue weighted by Crippen LogP contribution is -2.12. The number of alkyl halides is 2. The van der Waals surface area contributed by atoms with Gasteiger partial charge in [0.1, 0.15) is 0 Å². The lowest BCUT2D eigenvalue weighted by molar-refractivity contribution is 0.0379.